The second-order valence-electron chi connectivity index (χ2n) is 4.75. The van der Waals surface area contributed by atoms with Crippen molar-refractivity contribution in [1.29, 1.82) is 0 Å². The average molecular weight is 475 g/mol. The van der Waals surface area contributed by atoms with Crippen molar-refractivity contribution in [3.63, 3.8) is 0 Å². The Hall–Kier alpha value is -1.54. The van der Waals surface area contributed by atoms with Crippen molar-refractivity contribution in [2.45, 2.75) is 30.2 Å². The fourth-order valence-electron chi connectivity index (χ4n) is 1.34. The van der Waals surface area contributed by atoms with E-state index < -0.39 is 47.0 Å². The zero-order valence-corrected chi connectivity index (χ0v) is 13.9. The molecule has 0 fully saturated rings. The Morgan fingerprint density at radius 1 is 0.821 bits per heavy atom. The largest absolute Gasteiger partial charge is 0.462 e. The maximum Gasteiger partial charge on any atom is 0.462 e. The lowest BCUT2D eigenvalue weighted by atomic mass is 10.2. The van der Waals surface area contributed by atoms with Gasteiger partial charge in [0.1, 0.15) is 5.75 Å². The number of halogens is 13. The number of esters is 1. The first-order valence-electron chi connectivity index (χ1n) is 6.22. The molecule has 0 aliphatic carbocycles. The summed E-state index contributed by atoms with van der Waals surface area (Å²) in [4.78, 5) is 11.4. The summed E-state index contributed by atoms with van der Waals surface area (Å²) in [5, 5.41) is -0.947. The fourth-order valence-corrected chi connectivity index (χ4v) is 1.79. The minimum Gasteiger partial charge on any atom is -0.420 e. The van der Waals surface area contributed by atoms with Crippen molar-refractivity contribution in [2.75, 3.05) is 0 Å². The Morgan fingerprint density at radius 2 is 1.32 bits per heavy atom. The first-order chi connectivity index (χ1) is 12.3. The molecule has 0 saturated carbocycles. The van der Waals surface area contributed by atoms with Crippen molar-refractivity contribution in [3.8, 4) is 5.75 Å². The summed E-state index contributed by atoms with van der Waals surface area (Å²) in [6.45, 7) is 0. The molecule has 16 heteroatoms. The van der Waals surface area contributed by atoms with Crippen molar-refractivity contribution in [2.24, 2.45) is 0 Å². The van der Waals surface area contributed by atoms with E-state index in [0.717, 1.165) is 12.1 Å². The van der Waals surface area contributed by atoms with E-state index in [0.29, 0.717) is 6.07 Å². The number of carbonyl (C=O) groups excluding carboxylic acids is 1. The highest BCUT2D eigenvalue weighted by atomic mass is 35.5. The van der Waals surface area contributed by atoms with Crippen LogP contribution in [-0.2, 0) is 9.53 Å². The zero-order chi connectivity index (χ0) is 22.3. The lowest BCUT2D eigenvalue weighted by molar-refractivity contribution is -0.474. The van der Waals surface area contributed by atoms with Gasteiger partial charge in [0.05, 0.1) is 5.02 Å². The minimum atomic E-state index is -7.30. The molecular weight excluding hydrogens is 472 g/mol. The third kappa shape index (κ3) is 4.54. The Labute approximate surface area is 156 Å². The summed E-state index contributed by atoms with van der Waals surface area (Å²) >= 11 is 10.8. The van der Waals surface area contributed by atoms with Gasteiger partial charge in [-0.2, -0.15) is 48.3 Å². The van der Waals surface area contributed by atoms with Gasteiger partial charge in [-0.3, -0.25) is 4.74 Å². The van der Waals surface area contributed by atoms with Crippen LogP contribution in [0.15, 0.2) is 18.2 Å². The summed E-state index contributed by atoms with van der Waals surface area (Å²) in [5.41, 5.74) is 0. The molecule has 0 spiro atoms. The van der Waals surface area contributed by atoms with Crippen LogP contribution in [0.3, 0.4) is 0 Å². The quantitative estimate of drug-likeness (QED) is 0.301. The predicted octanol–water partition coefficient (Wildman–Crippen LogP) is 5.93. The van der Waals surface area contributed by atoms with E-state index in [1.807, 2.05) is 4.74 Å². The van der Waals surface area contributed by atoms with Gasteiger partial charge in [0, 0.05) is 5.02 Å². The third-order valence-electron chi connectivity index (χ3n) is 2.71. The molecule has 3 nitrogen and oxygen atoms in total. The second kappa shape index (κ2) is 7.37. The Kier molecular flexibility index (Phi) is 6.45. The lowest BCUT2D eigenvalue weighted by Crippen LogP contribution is -2.62. The highest BCUT2D eigenvalue weighted by Gasteiger charge is 2.80. The van der Waals surface area contributed by atoms with Crippen molar-refractivity contribution in [3.05, 3.63) is 28.2 Å². The predicted molar refractivity (Wildman–Crippen MR) is 69.0 cm³/mol. The molecule has 28 heavy (non-hydrogen) atoms. The van der Waals surface area contributed by atoms with E-state index in [1.165, 1.54) is 0 Å². The van der Waals surface area contributed by atoms with Gasteiger partial charge in [-0.25, -0.2) is 4.79 Å². The standard InChI is InChI=1S/C12H3Cl2F11O3/c13-4-1-2-6(5(14)3-4)27-7(26)8(15,10(18,19)20)28-12(24,25)9(16,17)11(21,22)23/h1-3H. The van der Waals surface area contributed by atoms with Gasteiger partial charge >= 0.3 is 36.2 Å². The molecule has 0 bridgehead atoms. The number of benzene rings is 1. The van der Waals surface area contributed by atoms with E-state index in [-0.39, 0.29) is 5.02 Å². The molecule has 1 atom stereocenters. The van der Waals surface area contributed by atoms with E-state index in [1.54, 1.807) is 0 Å². The van der Waals surface area contributed by atoms with Crippen LogP contribution >= 0.6 is 23.2 Å². The van der Waals surface area contributed by atoms with Gasteiger partial charge in [0.25, 0.3) is 0 Å². The number of alkyl halides is 11. The third-order valence-corrected chi connectivity index (χ3v) is 3.24. The van der Waals surface area contributed by atoms with Gasteiger partial charge in [-0.1, -0.05) is 23.2 Å². The van der Waals surface area contributed by atoms with E-state index in [9.17, 15) is 53.1 Å². The van der Waals surface area contributed by atoms with Crippen LogP contribution in [0.5, 0.6) is 5.75 Å². The van der Waals surface area contributed by atoms with Gasteiger partial charge in [-0.05, 0) is 18.2 Å². The molecule has 1 rings (SSSR count). The normalized spacial score (nSPS) is 15.9. The highest BCUT2D eigenvalue weighted by molar-refractivity contribution is 6.35. The lowest BCUT2D eigenvalue weighted by Gasteiger charge is -2.33. The summed E-state index contributed by atoms with van der Waals surface area (Å²) < 4.78 is 145. The molecule has 0 saturated heterocycles. The van der Waals surface area contributed by atoms with Crippen LogP contribution < -0.4 is 4.74 Å². The molecule has 0 N–H and O–H groups in total. The first kappa shape index (κ1) is 24.5. The summed E-state index contributed by atoms with van der Waals surface area (Å²) in [5.74, 6) is -18.3. The Bertz CT molecular complexity index is 747. The summed E-state index contributed by atoms with van der Waals surface area (Å²) in [6, 6.07) is 2.09. The molecule has 0 aliphatic rings. The van der Waals surface area contributed by atoms with Crippen LogP contribution in [0.4, 0.5) is 48.3 Å². The molecule has 1 unspecified atom stereocenters. The van der Waals surface area contributed by atoms with E-state index in [4.69, 9.17) is 23.2 Å². The van der Waals surface area contributed by atoms with Gasteiger partial charge in [0.2, 0.25) is 0 Å². The van der Waals surface area contributed by atoms with Gasteiger partial charge < -0.3 is 4.74 Å². The molecule has 0 aromatic heterocycles. The minimum absolute atomic E-state index is 0.181. The number of hydrogen-bond acceptors (Lipinski definition) is 3. The first-order valence-corrected chi connectivity index (χ1v) is 6.97. The number of ether oxygens (including phenoxy) is 2. The molecule has 1 aromatic rings. The van der Waals surface area contributed by atoms with Crippen molar-refractivity contribution < 1.29 is 62.6 Å². The van der Waals surface area contributed by atoms with Crippen LogP contribution in [0.2, 0.25) is 10.0 Å². The van der Waals surface area contributed by atoms with Crippen LogP contribution in [-0.4, -0.2) is 36.2 Å². The van der Waals surface area contributed by atoms with E-state index in [2.05, 4.69) is 4.74 Å². The maximum absolute atomic E-state index is 13.9. The second-order valence-corrected chi connectivity index (χ2v) is 5.59. The average Bonchev–Trinajstić information content (AvgIpc) is 2.46. The van der Waals surface area contributed by atoms with Crippen LogP contribution in [0.1, 0.15) is 0 Å². The van der Waals surface area contributed by atoms with Crippen LogP contribution in [0.25, 0.3) is 0 Å². The molecule has 1 aromatic carbocycles. The van der Waals surface area contributed by atoms with Crippen LogP contribution in [0, 0.1) is 0 Å². The van der Waals surface area contributed by atoms with Crippen molar-refractivity contribution >= 4 is 29.2 Å². The topological polar surface area (TPSA) is 35.5 Å². The zero-order valence-electron chi connectivity index (χ0n) is 12.4. The van der Waals surface area contributed by atoms with Gasteiger partial charge in [-0.15, -0.1) is 0 Å². The number of rotatable bonds is 5. The number of carbonyl (C=O) groups is 1. The summed E-state index contributed by atoms with van der Waals surface area (Å²) in [6.07, 6.45) is -21.2. The molecule has 0 heterocycles. The monoisotopic (exact) mass is 474 g/mol. The van der Waals surface area contributed by atoms with Gasteiger partial charge in [0.15, 0.2) is 0 Å². The molecular formula is C12H3Cl2F11O3. The highest BCUT2D eigenvalue weighted by Crippen LogP contribution is 2.51. The molecule has 0 aliphatic heterocycles. The molecule has 0 radical (unpaired) electrons. The number of hydrogen-bond donors (Lipinski definition) is 0. The van der Waals surface area contributed by atoms with E-state index >= 15 is 0 Å². The van der Waals surface area contributed by atoms with Crippen molar-refractivity contribution in [1.82, 2.24) is 0 Å². The SMILES string of the molecule is O=C(Oc1ccc(Cl)cc1Cl)C(F)(OC(F)(F)C(F)(F)C(F)(F)F)C(F)(F)F. The molecule has 160 valence electrons. The maximum atomic E-state index is 13.9. The fraction of sp³-hybridized carbons (Fsp3) is 0.417. The smallest absolute Gasteiger partial charge is 0.420 e. The summed E-state index contributed by atoms with van der Waals surface area (Å²) in [7, 11) is 0. The molecule has 0 amide bonds. The Morgan fingerprint density at radius 3 is 1.71 bits per heavy atom. The Balaban J connectivity index is 3.34.